The Morgan fingerprint density at radius 3 is 2.48 bits per heavy atom. The largest absolute Gasteiger partial charge is 0.492 e. The van der Waals surface area contributed by atoms with E-state index in [1.54, 1.807) is 6.92 Å². The molecule has 116 valence electrons. The van der Waals surface area contributed by atoms with Crippen molar-refractivity contribution in [3.05, 3.63) is 29.3 Å². The van der Waals surface area contributed by atoms with Gasteiger partial charge in [-0.2, -0.15) is 0 Å². The minimum Gasteiger partial charge on any atom is -0.492 e. The Labute approximate surface area is 136 Å². The highest BCUT2D eigenvalue weighted by atomic mass is 79.9. The Morgan fingerprint density at radius 1 is 1.24 bits per heavy atom. The van der Waals surface area contributed by atoms with Gasteiger partial charge in [0.25, 0.3) is 0 Å². The van der Waals surface area contributed by atoms with E-state index in [4.69, 9.17) is 4.74 Å². The monoisotopic (exact) mass is 352 g/mol. The maximum Gasteiger partial charge on any atom is 0.163 e. The Bertz CT molecular complexity index is 488. The van der Waals surface area contributed by atoms with Crippen molar-refractivity contribution >= 4 is 21.7 Å². The number of hydrogen-bond donors (Lipinski definition) is 0. The molecular formula is C18H25BrO2. The first-order valence-electron chi connectivity index (χ1n) is 7.87. The second-order valence-corrected chi connectivity index (χ2v) is 6.95. The first-order valence-corrected chi connectivity index (χ1v) is 8.99. The second-order valence-electron chi connectivity index (χ2n) is 6.39. The van der Waals surface area contributed by atoms with Crippen LogP contribution in [0.15, 0.2) is 18.2 Å². The summed E-state index contributed by atoms with van der Waals surface area (Å²) in [7, 11) is 0. The molecule has 2 rings (SSSR count). The lowest BCUT2D eigenvalue weighted by Crippen LogP contribution is -2.30. The van der Waals surface area contributed by atoms with Gasteiger partial charge in [0.15, 0.2) is 5.78 Å². The van der Waals surface area contributed by atoms with Gasteiger partial charge in [0.1, 0.15) is 5.75 Å². The van der Waals surface area contributed by atoms with E-state index in [1.165, 1.54) is 38.5 Å². The molecule has 1 aliphatic carbocycles. The van der Waals surface area contributed by atoms with Gasteiger partial charge in [0.05, 0.1) is 12.2 Å². The zero-order valence-electron chi connectivity index (χ0n) is 13.1. The number of alkyl halides is 1. The molecule has 21 heavy (non-hydrogen) atoms. The smallest absolute Gasteiger partial charge is 0.163 e. The summed E-state index contributed by atoms with van der Waals surface area (Å²) in [5.74, 6) is 0.806. The molecule has 0 atom stereocenters. The summed E-state index contributed by atoms with van der Waals surface area (Å²) in [5.41, 5.74) is 2.01. The third kappa shape index (κ3) is 4.32. The number of rotatable bonds is 5. The zero-order chi connectivity index (χ0) is 15.3. The number of Topliss-reactive ketones (excluding diaryl/α,β-unsaturated/α-hetero) is 1. The molecule has 1 aromatic rings. The summed E-state index contributed by atoms with van der Waals surface area (Å²) in [6.07, 6.45) is 7.64. The lowest BCUT2D eigenvalue weighted by atomic mass is 9.83. The molecule has 0 heterocycles. The van der Waals surface area contributed by atoms with Gasteiger partial charge in [0, 0.05) is 10.7 Å². The van der Waals surface area contributed by atoms with E-state index >= 15 is 0 Å². The maximum absolute atomic E-state index is 11.8. The fraction of sp³-hybridized carbons (Fsp3) is 0.611. The van der Waals surface area contributed by atoms with Gasteiger partial charge in [-0.3, -0.25) is 4.79 Å². The third-order valence-electron chi connectivity index (χ3n) is 4.50. The maximum atomic E-state index is 11.8. The van der Waals surface area contributed by atoms with E-state index in [9.17, 15) is 4.79 Å². The molecule has 0 radical (unpaired) electrons. The lowest BCUT2D eigenvalue weighted by molar-refractivity contribution is 0.100. The Morgan fingerprint density at radius 2 is 1.90 bits per heavy atom. The predicted octanol–water partition coefficient (Wildman–Crippen LogP) is 5.31. The van der Waals surface area contributed by atoms with Gasteiger partial charge in [0.2, 0.25) is 0 Å². The van der Waals surface area contributed by atoms with Crippen LogP contribution >= 0.6 is 15.9 Å². The highest BCUT2D eigenvalue weighted by Crippen LogP contribution is 2.37. The number of benzene rings is 1. The van der Waals surface area contributed by atoms with Crippen LogP contribution in [0.1, 0.15) is 61.4 Å². The first kappa shape index (κ1) is 16.5. The lowest BCUT2D eigenvalue weighted by Gasteiger charge is -2.31. The van der Waals surface area contributed by atoms with Crippen LogP contribution in [0.2, 0.25) is 0 Å². The quantitative estimate of drug-likeness (QED) is 0.407. The van der Waals surface area contributed by atoms with Crippen molar-refractivity contribution in [2.24, 2.45) is 5.41 Å². The molecule has 1 aromatic carbocycles. The van der Waals surface area contributed by atoms with Crippen molar-refractivity contribution in [3.8, 4) is 5.75 Å². The molecule has 0 saturated heterocycles. The molecule has 0 unspecified atom stereocenters. The topological polar surface area (TPSA) is 26.3 Å². The van der Waals surface area contributed by atoms with Gasteiger partial charge in [-0.25, -0.2) is 0 Å². The van der Waals surface area contributed by atoms with Gasteiger partial charge in [-0.15, -0.1) is 0 Å². The van der Waals surface area contributed by atoms with E-state index in [0.717, 1.165) is 16.6 Å². The molecule has 0 spiro atoms. The fourth-order valence-corrected chi connectivity index (χ4v) is 3.79. The van der Waals surface area contributed by atoms with Crippen LogP contribution in [0.25, 0.3) is 0 Å². The van der Waals surface area contributed by atoms with Crippen molar-refractivity contribution in [2.45, 2.75) is 52.4 Å². The Hall–Kier alpha value is -0.830. The number of hydrogen-bond acceptors (Lipinski definition) is 2. The molecular weight excluding hydrogens is 328 g/mol. The van der Waals surface area contributed by atoms with Crippen molar-refractivity contribution in [2.75, 3.05) is 11.9 Å². The Balaban J connectivity index is 2.12. The van der Waals surface area contributed by atoms with Crippen molar-refractivity contribution in [3.63, 3.8) is 0 Å². The molecule has 0 aromatic heterocycles. The number of halogens is 1. The summed E-state index contributed by atoms with van der Waals surface area (Å²) in [6, 6.07) is 5.87. The molecule has 1 aliphatic rings. The Kier molecular flexibility index (Phi) is 5.86. The second kappa shape index (κ2) is 7.44. The van der Waals surface area contributed by atoms with Crippen molar-refractivity contribution in [1.29, 1.82) is 0 Å². The van der Waals surface area contributed by atoms with Crippen LogP contribution in [-0.2, 0) is 0 Å². The average molecular weight is 353 g/mol. The third-order valence-corrected chi connectivity index (χ3v) is 5.69. The van der Waals surface area contributed by atoms with Crippen LogP contribution in [0.5, 0.6) is 5.75 Å². The van der Waals surface area contributed by atoms with Crippen LogP contribution in [0.4, 0.5) is 0 Å². The van der Waals surface area contributed by atoms with Gasteiger partial charge in [-0.05, 0) is 38.8 Å². The van der Waals surface area contributed by atoms with E-state index in [0.29, 0.717) is 12.2 Å². The standard InChI is InChI=1S/C18H25BrO2/c1-14-7-8-17(16(11-14)15(2)20)21-13-18(12-19)9-5-3-4-6-10-18/h7-8,11H,3-6,9-10,12-13H2,1-2H3. The minimum atomic E-state index is 0.0717. The number of carbonyl (C=O) groups excluding carboxylic acids is 1. The molecule has 2 nitrogen and oxygen atoms in total. The molecule has 1 fully saturated rings. The minimum absolute atomic E-state index is 0.0717. The summed E-state index contributed by atoms with van der Waals surface area (Å²) < 4.78 is 6.09. The van der Waals surface area contributed by atoms with Crippen molar-refractivity contribution < 1.29 is 9.53 Å². The number of carbonyl (C=O) groups is 1. The summed E-state index contributed by atoms with van der Waals surface area (Å²) >= 11 is 3.69. The van der Waals surface area contributed by atoms with E-state index in [1.807, 2.05) is 25.1 Å². The molecule has 0 bridgehead atoms. The van der Waals surface area contributed by atoms with Gasteiger partial charge in [-0.1, -0.05) is 53.2 Å². The average Bonchev–Trinajstić information content (AvgIpc) is 2.72. The number of aryl methyl sites for hydroxylation is 1. The summed E-state index contributed by atoms with van der Waals surface area (Å²) in [6.45, 7) is 4.30. The predicted molar refractivity (Wildman–Crippen MR) is 90.6 cm³/mol. The highest BCUT2D eigenvalue weighted by molar-refractivity contribution is 9.09. The summed E-state index contributed by atoms with van der Waals surface area (Å²) in [5, 5.41) is 0.973. The molecule has 0 aliphatic heterocycles. The summed E-state index contributed by atoms with van der Waals surface area (Å²) in [4.78, 5) is 11.8. The van der Waals surface area contributed by atoms with Crippen LogP contribution < -0.4 is 4.74 Å². The van der Waals surface area contributed by atoms with Crippen LogP contribution in [0.3, 0.4) is 0 Å². The molecule has 1 saturated carbocycles. The van der Waals surface area contributed by atoms with Crippen LogP contribution in [0, 0.1) is 12.3 Å². The SMILES string of the molecule is CC(=O)c1cc(C)ccc1OCC1(CBr)CCCCCC1. The van der Waals surface area contributed by atoms with Gasteiger partial charge < -0.3 is 4.74 Å². The first-order chi connectivity index (χ1) is 10.1. The normalized spacial score (nSPS) is 18.0. The molecule has 0 amide bonds. The van der Waals surface area contributed by atoms with Crippen molar-refractivity contribution in [1.82, 2.24) is 0 Å². The zero-order valence-corrected chi connectivity index (χ0v) is 14.7. The number of ketones is 1. The van der Waals surface area contributed by atoms with E-state index in [2.05, 4.69) is 15.9 Å². The van der Waals surface area contributed by atoms with Gasteiger partial charge >= 0.3 is 0 Å². The fourth-order valence-electron chi connectivity index (χ4n) is 3.07. The molecule has 3 heteroatoms. The van der Waals surface area contributed by atoms with Crippen LogP contribution in [-0.4, -0.2) is 17.7 Å². The van der Waals surface area contributed by atoms with E-state index < -0.39 is 0 Å². The molecule has 0 N–H and O–H groups in total. The highest BCUT2D eigenvalue weighted by Gasteiger charge is 2.31. The number of ether oxygens (including phenoxy) is 1. The van der Waals surface area contributed by atoms with E-state index in [-0.39, 0.29) is 11.2 Å².